The molecule has 0 radical (unpaired) electrons. The molecule has 1 fully saturated rings. The first-order valence-electron chi connectivity index (χ1n) is 10.7. The summed E-state index contributed by atoms with van der Waals surface area (Å²) in [5.41, 5.74) is 1.87. The first-order chi connectivity index (χ1) is 15.1. The van der Waals surface area contributed by atoms with Crippen molar-refractivity contribution in [1.29, 1.82) is 0 Å². The molecule has 1 unspecified atom stereocenters. The van der Waals surface area contributed by atoms with Crippen molar-refractivity contribution in [2.24, 2.45) is 4.99 Å². The van der Waals surface area contributed by atoms with Crippen molar-refractivity contribution in [3.8, 4) is 11.5 Å². The third-order valence-corrected chi connectivity index (χ3v) is 5.52. The molecule has 0 aliphatic carbocycles. The summed E-state index contributed by atoms with van der Waals surface area (Å²) in [5, 5.41) is 13.7. The Hall–Kier alpha value is -2.11. The van der Waals surface area contributed by atoms with Crippen LogP contribution in [-0.4, -0.2) is 66.9 Å². The predicted octanol–water partition coefficient (Wildman–Crippen LogP) is 2.99. The highest BCUT2D eigenvalue weighted by Gasteiger charge is 2.21. The van der Waals surface area contributed by atoms with E-state index in [4.69, 9.17) is 9.47 Å². The van der Waals surface area contributed by atoms with Gasteiger partial charge in [-0.2, -0.15) is 0 Å². The number of nitrogens with one attached hydrogen (secondary N) is 1. The highest BCUT2D eigenvalue weighted by atomic mass is 127. The molecule has 0 amide bonds. The summed E-state index contributed by atoms with van der Waals surface area (Å²) < 4.78 is 24.0. The molecule has 2 aliphatic rings. The fourth-order valence-electron chi connectivity index (χ4n) is 3.80. The molecule has 1 saturated heterocycles. The fourth-order valence-corrected chi connectivity index (χ4v) is 3.80. The minimum atomic E-state index is -0.762. The standard InChI is InChI=1S/C23H29FN4O3.HI/c1-2-25-23(26-14-20(29)18-4-6-19(24)7-5-18)28-11-9-27(10-12-28)15-17-3-8-21-22(13-17)31-16-30-21;/h3-8,13,20,29H,2,9-12,14-16H2,1H3,(H,25,26);1H. The Balaban J connectivity index is 0.00000289. The van der Waals surface area contributed by atoms with Crippen molar-refractivity contribution in [2.45, 2.75) is 19.6 Å². The molecule has 2 aromatic carbocycles. The Morgan fingerprint density at radius 3 is 2.53 bits per heavy atom. The minimum Gasteiger partial charge on any atom is -0.454 e. The van der Waals surface area contributed by atoms with Crippen LogP contribution in [0.2, 0.25) is 0 Å². The summed E-state index contributed by atoms with van der Waals surface area (Å²) in [6.07, 6.45) is -0.762. The first-order valence-corrected chi connectivity index (χ1v) is 10.7. The molecule has 1 atom stereocenters. The second kappa shape index (κ2) is 11.7. The van der Waals surface area contributed by atoms with E-state index in [9.17, 15) is 9.50 Å². The molecule has 7 nitrogen and oxygen atoms in total. The van der Waals surface area contributed by atoms with Crippen LogP contribution in [0.1, 0.15) is 24.2 Å². The maximum Gasteiger partial charge on any atom is 0.231 e. The molecule has 174 valence electrons. The van der Waals surface area contributed by atoms with Crippen LogP contribution in [0.25, 0.3) is 0 Å². The van der Waals surface area contributed by atoms with Crippen molar-refractivity contribution in [3.63, 3.8) is 0 Å². The van der Waals surface area contributed by atoms with Crippen LogP contribution >= 0.6 is 24.0 Å². The van der Waals surface area contributed by atoms with Gasteiger partial charge >= 0.3 is 0 Å². The molecule has 32 heavy (non-hydrogen) atoms. The Labute approximate surface area is 205 Å². The van der Waals surface area contributed by atoms with Crippen LogP contribution in [0.5, 0.6) is 11.5 Å². The highest BCUT2D eigenvalue weighted by molar-refractivity contribution is 14.0. The number of nitrogens with zero attached hydrogens (tertiary/aromatic N) is 3. The van der Waals surface area contributed by atoms with E-state index >= 15 is 0 Å². The number of fused-ring (bicyclic) bond motifs is 1. The van der Waals surface area contributed by atoms with Crippen molar-refractivity contribution in [1.82, 2.24) is 15.1 Å². The molecule has 4 rings (SSSR count). The maximum atomic E-state index is 13.1. The predicted molar refractivity (Wildman–Crippen MR) is 132 cm³/mol. The summed E-state index contributed by atoms with van der Waals surface area (Å²) in [6, 6.07) is 12.0. The maximum absolute atomic E-state index is 13.1. The van der Waals surface area contributed by atoms with Gasteiger partial charge in [0.25, 0.3) is 0 Å². The van der Waals surface area contributed by atoms with Crippen molar-refractivity contribution in [3.05, 3.63) is 59.4 Å². The summed E-state index contributed by atoms with van der Waals surface area (Å²) in [5.74, 6) is 2.11. The second-order valence-corrected chi connectivity index (χ2v) is 7.71. The smallest absolute Gasteiger partial charge is 0.231 e. The van der Waals surface area contributed by atoms with Gasteiger partial charge in [0, 0.05) is 39.3 Å². The second-order valence-electron chi connectivity index (χ2n) is 7.71. The van der Waals surface area contributed by atoms with E-state index in [0.29, 0.717) is 12.4 Å². The van der Waals surface area contributed by atoms with Gasteiger partial charge in [0.05, 0.1) is 12.6 Å². The Morgan fingerprint density at radius 1 is 1.09 bits per heavy atom. The lowest BCUT2D eigenvalue weighted by Gasteiger charge is -2.36. The number of piperazine rings is 1. The van der Waals surface area contributed by atoms with Gasteiger partial charge in [0.1, 0.15) is 5.82 Å². The molecule has 0 saturated carbocycles. The van der Waals surface area contributed by atoms with E-state index in [0.717, 1.165) is 56.7 Å². The molecule has 2 aromatic rings. The molecule has 2 heterocycles. The minimum absolute atomic E-state index is 0. The molecule has 2 aliphatic heterocycles. The number of benzene rings is 2. The van der Waals surface area contributed by atoms with Gasteiger partial charge in [-0.25, -0.2) is 4.39 Å². The van der Waals surface area contributed by atoms with E-state index in [-0.39, 0.29) is 36.3 Å². The van der Waals surface area contributed by atoms with Gasteiger partial charge in [-0.3, -0.25) is 9.89 Å². The van der Waals surface area contributed by atoms with Crippen LogP contribution in [0.3, 0.4) is 0 Å². The lowest BCUT2D eigenvalue weighted by Crippen LogP contribution is -2.52. The zero-order chi connectivity index (χ0) is 21.6. The SMILES string of the molecule is CCNC(=NCC(O)c1ccc(F)cc1)N1CCN(Cc2ccc3c(c2)OCO3)CC1.I. The molecule has 9 heteroatoms. The molecule has 0 aromatic heterocycles. The van der Waals surface area contributed by atoms with E-state index in [2.05, 4.69) is 32.2 Å². The summed E-state index contributed by atoms with van der Waals surface area (Å²) in [6.45, 7) is 7.70. The number of guanidine groups is 1. The van der Waals surface area contributed by atoms with E-state index < -0.39 is 6.10 Å². The number of hydrogen-bond donors (Lipinski definition) is 2. The average molecular weight is 556 g/mol. The van der Waals surface area contributed by atoms with Crippen molar-refractivity contribution in [2.75, 3.05) is 46.1 Å². The van der Waals surface area contributed by atoms with E-state index in [1.54, 1.807) is 12.1 Å². The van der Waals surface area contributed by atoms with Crippen LogP contribution in [0, 0.1) is 5.82 Å². The number of ether oxygens (including phenoxy) is 2. The molecule has 0 bridgehead atoms. The van der Waals surface area contributed by atoms with Gasteiger partial charge in [-0.05, 0) is 42.3 Å². The van der Waals surface area contributed by atoms with E-state index in [1.165, 1.54) is 17.7 Å². The lowest BCUT2D eigenvalue weighted by molar-refractivity contribution is 0.168. The van der Waals surface area contributed by atoms with Gasteiger partial charge in [-0.1, -0.05) is 18.2 Å². The van der Waals surface area contributed by atoms with Crippen molar-refractivity contribution >= 4 is 29.9 Å². The third kappa shape index (κ3) is 6.23. The van der Waals surface area contributed by atoms with Gasteiger partial charge in [-0.15, -0.1) is 24.0 Å². The number of aliphatic hydroxyl groups excluding tert-OH is 1. The summed E-state index contributed by atoms with van der Waals surface area (Å²) >= 11 is 0. The zero-order valence-electron chi connectivity index (χ0n) is 18.2. The Bertz CT molecular complexity index is 905. The average Bonchev–Trinajstić information content (AvgIpc) is 3.25. The topological polar surface area (TPSA) is 69.6 Å². The van der Waals surface area contributed by atoms with Crippen LogP contribution in [0.4, 0.5) is 4.39 Å². The monoisotopic (exact) mass is 556 g/mol. The van der Waals surface area contributed by atoms with Gasteiger partial charge < -0.3 is 24.8 Å². The number of halogens is 2. The fraction of sp³-hybridized carbons (Fsp3) is 0.435. The van der Waals surface area contributed by atoms with Crippen LogP contribution in [-0.2, 0) is 6.54 Å². The summed E-state index contributed by atoms with van der Waals surface area (Å²) in [7, 11) is 0. The zero-order valence-corrected chi connectivity index (χ0v) is 20.5. The van der Waals surface area contributed by atoms with Crippen molar-refractivity contribution < 1.29 is 19.0 Å². The Morgan fingerprint density at radius 2 is 1.81 bits per heavy atom. The quantitative estimate of drug-likeness (QED) is 0.324. The van der Waals surface area contributed by atoms with E-state index in [1.807, 2.05) is 13.0 Å². The molecular weight excluding hydrogens is 526 g/mol. The number of rotatable bonds is 6. The number of aliphatic hydroxyl groups is 1. The first kappa shape index (κ1) is 24.5. The lowest BCUT2D eigenvalue weighted by atomic mass is 10.1. The highest BCUT2D eigenvalue weighted by Crippen LogP contribution is 2.32. The normalized spacial score (nSPS) is 17.1. The molecule has 0 spiro atoms. The van der Waals surface area contributed by atoms with Gasteiger partial charge in [0.15, 0.2) is 17.5 Å². The largest absolute Gasteiger partial charge is 0.454 e. The van der Waals surface area contributed by atoms with Crippen LogP contribution in [0.15, 0.2) is 47.5 Å². The number of hydrogen-bond acceptors (Lipinski definition) is 5. The summed E-state index contributed by atoms with van der Waals surface area (Å²) in [4.78, 5) is 9.25. The molecule has 2 N–H and O–H groups in total. The van der Waals surface area contributed by atoms with Crippen LogP contribution < -0.4 is 14.8 Å². The third-order valence-electron chi connectivity index (χ3n) is 5.52. The Kier molecular flexibility index (Phi) is 8.94. The number of aliphatic imine (C=N–C) groups is 1. The van der Waals surface area contributed by atoms with Gasteiger partial charge in [0.2, 0.25) is 6.79 Å². The molecular formula is C23H30FIN4O3.